The number of hydrogen-bond acceptors (Lipinski definition) is 13. The molecule has 1 heterocycles. The molecule has 0 spiro atoms. The third-order valence-electron chi connectivity index (χ3n) is 6.99. The van der Waals surface area contributed by atoms with Gasteiger partial charge >= 0.3 is 96.5 Å². The third-order valence-corrected chi connectivity index (χ3v) is 6.99. The zero-order valence-corrected chi connectivity index (χ0v) is 32.7. The second-order valence-corrected chi connectivity index (χ2v) is 9.17. The van der Waals surface area contributed by atoms with Crippen LogP contribution in [0.5, 0.6) is 0 Å². The Morgan fingerprint density at radius 3 is 1.51 bits per heavy atom. The molecule has 0 aromatic heterocycles. The van der Waals surface area contributed by atoms with E-state index in [2.05, 4.69) is 4.74 Å². The maximum atomic E-state index is 11.5. The summed E-state index contributed by atoms with van der Waals surface area (Å²) in [6.07, 6.45) is -2.43. The van der Waals surface area contributed by atoms with Gasteiger partial charge in [0.15, 0.2) is 0 Å². The van der Waals surface area contributed by atoms with E-state index in [9.17, 15) is 49.2 Å². The Kier molecular flexibility index (Phi) is 39.5. The molecule has 0 amide bonds. The molecule has 0 radical (unpaired) electrons. The van der Waals surface area contributed by atoms with E-state index < -0.39 is 84.0 Å². The van der Waals surface area contributed by atoms with Crippen LogP contribution in [0.1, 0.15) is 69.2 Å². The molecule has 9 atom stereocenters. The van der Waals surface area contributed by atoms with Crippen molar-refractivity contribution in [3.63, 3.8) is 0 Å². The van der Waals surface area contributed by atoms with Crippen molar-refractivity contribution in [3.05, 3.63) is 0 Å². The van der Waals surface area contributed by atoms with E-state index in [1.807, 2.05) is 6.92 Å². The van der Waals surface area contributed by atoms with Gasteiger partial charge in [0.2, 0.25) is 0 Å². The number of carbonyl (C=O) groups is 6. The predicted molar refractivity (Wildman–Crippen MR) is 144 cm³/mol. The summed E-state index contributed by atoms with van der Waals surface area (Å²) in [5.74, 6) is -14.9. The average molecular weight is 721 g/mol. The van der Waals surface area contributed by atoms with Crippen molar-refractivity contribution < 1.29 is 147 Å². The van der Waals surface area contributed by atoms with E-state index in [1.54, 1.807) is 13.8 Å². The Labute approximate surface area is 324 Å². The molecule has 1 aliphatic heterocycles. The van der Waals surface area contributed by atoms with E-state index in [-0.39, 0.29) is 119 Å². The SMILES string of the molecule is C.C.C.CCC(OC)C(C(=O)[O-])C(CC(OC)C(C(=O)O)C(C)C(=O)[O-])C(=O)[O-].CCC(OC)C1C(=O)OC(=O)C1C.[Na+].[Na+].[Zn+2]. The third kappa shape index (κ3) is 17.5. The van der Waals surface area contributed by atoms with Gasteiger partial charge in [0.1, 0.15) is 0 Å². The van der Waals surface area contributed by atoms with Crippen molar-refractivity contribution in [2.45, 2.75) is 87.5 Å². The molecule has 45 heavy (non-hydrogen) atoms. The molecular formula is C28H49Na2O14Zn+. The maximum Gasteiger partial charge on any atom is 2.00 e. The molecule has 1 rings (SSSR count). The topological polar surface area (TPSA) is 229 Å². The van der Waals surface area contributed by atoms with Gasteiger partial charge in [-0.05, 0) is 19.3 Å². The van der Waals surface area contributed by atoms with Crippen LogP contribution in [0.2, 0.25) is 0 Å². The van der Waals surface area contributed by atoms with Crippen molar-refractivity contribution in [2.24, 2.45) is 35.5 Å². The zero-order valence-electron chi connectivity index (χ0n) is 25.8. The van der Waals surface area contributed by atoms with Crippen LogP contribution >= 0.6 is 0 Å². The molecule has 1 N–H and O–H groups in total. The summed E-state index contributed by atoms with van der Waals surface area (Å²) in [5.41, 5.74) is 0. The smallest absolute Gasteiger partial charge is 0.550 e. The Balaban J connectivity index is -0.000000131. The van der Waals surface area contributed by atoms with Gasteiger partial charge in [-0.15, -0.1) is 0 Å². The molecule has 0 bridgehead atoms. The summed E-state index contributed by atoms with van der Waals surface area (Å²) >= 11 is 0. The summed E-state index contributed by atoms with van der Waals surface area (Å²) in [6, 6.07) is 0. The molecule has 0 aromatic carbocycles. The minimum Gasteiger partial charge on any atom is -0.550 e. The minimum atomic E-state index is -1.76. The van der Waals surface area contributed by atoms with Crippen LogP contribution in [0, 0.1) is 35.5 Å². The van der Waals surface area contributed by atoms with E-state index in [1.165, 1.54) is 14.2 Å². The molecule has 248 valence electrons. The van der Waals surface area contributed by atoms with E-state index in [4.69, 9.17) is 14.2 Å². The molecule has 1 fully saturated rings. The number of carbonyl (C=O) groups excluding carboxylic acids is 5. The number of esters is 2. The first-order valence-electron chi connectivity index (χ1n) is 12.3. The molecule has 0 aromatic rings. The summed E-state index contributed by atoms with van der Waals surface area (Å²) in [5, 5.41) is 43.4. The fourth-order valence-corrected chi connectivity index (χ4v) is 4.66. The van der Waals surface area contributed by atoms with Crippen LogP contribution in [0.4, 0.5) is 0 Å². The van der Waals surface area contributed by atoms with Gasteiger partial charge in [-0.2, -0.15) is 0 Å². The number of aliphatic carboxylic acids is 4. The summed E-state index contributed by atoms with van der Waals surface area (Å²) < 4.78 is 19.6. The van der Waals surface area contributed by atoms with Gasteiger partial charge in [0.05, 0.1) is 36.1 Å². The zero-order chi connectivity index (χ0) is 30.6. The van der Waals surface area contributed by atoms with Crippen LogP contribution < -0.4 is 74.4 Å². The number of carboxylic acid groups (broad SMARTS) is 4. The Morgan fingerprint density at radius 1 is 0.800 bits per heavy atom. The monoisotopic (exact) mass is 719 g/mol. The van der Waals surface area contributed by atoms with E-state index >= 15 is 0 Å². The van der Waals surface area contributed by atoms with Crippen molar-refractivity contribution >= 4 is 35.8 Å². The fourth-order valence-electron chi connectivity index (χ4n) is 4.66. The molecule has 17 heteroatoms. The largest absolute Gasteiger partial charge is 2.00 e. The number of methoxy groups -OCH3 is 3. The Hall–Kier alpha value is -0.477. The summed E-state index contributed by atoms with van der Waals surface area (Å²) in [4.78, 5) is 67.8. The average Bonchev–Trinajstić information content (AvgIpc) is 3.12. The Morgan fingerprint density at radius 2 is 1.27 bits per heavy atom. The molecular weight excluding hydrogens is 672 g/mol. The molecule has 0 aliphatic carbocycles. The molecule has 1 aliphatic rings. The summed E-state index contributed by atoms with van der Waals surface area (Å²) in [7, 11) is 3.80. The van der Waals surface area contributed by atoms with Gasteiger partial charge in [0, 0.05) is 57.0 Å². The minimum absolute atomic E-state index is 0. The molecule has 1 saturated heterocycles. The van der Waals surface area contributed by atoms with Gasteiger partial charge in [0.25, 0.3) is 0 Å². The van der Waals surface area contributed by atoms with Crippen LogP contribution in [0.15, 0.2) is 0 Å². The fraction of sp³-hybridized carbons (Fsp3) is 0.786. The van der Waals surface area contributed by atoms with Gasteiger partial charge in [-0.1, -0.05) is 50.0 Å². The molecule has 9 unspecified atom stereocenters. The first-order chi connectivity index (χ1) is 18.1. The summed E-state index contributed by atoms with van der Waals surface area (Å²) in [6.45, 7) is 6.26. The van der Waals surface area contributed by atoms with Crippen molar-refractivity contribution in [1.29, 1.82) is 0 Å². The number of cyclic esters (lactones) is 2. The number of hydrogen-bond donors (Lipinski definition) is 1. The predicted octanol–water partition coefficient (Wildman–Crippen LogP) is -6.70. The first kappa shape index (κ1) is 59.9. The number of rotatable bonds is 16. The second-order valence-electron chi connectivity index (χ2n) is 9.17. The first-order valence-corrected chi connectivity index (χ1v) is 12.3. The second kappa shape index (κ2) is 29.6. The van der Waals surface area contributed by atoms with E-state index in [0.717, 1.165) is 14.0 Å². The van der Waals surface area contributed by atoms with E-state index in [0.29, 0.717) is 6.42 Å². The number of ether oxygens (including phenoxy) is 4. The van der Waals surface area contributed by atoms with Gasteiger partial charge < -0.3 is 53.8 Å². The van der Waals surface area contributed by atoms with Crippen LogP contribution in [0.3, 0.4) is 0 Å². The van der Waals surface area contributed by atoms with Crippen LogP contribution in [-0.2, 0) is 67.2 Å². The van der Waals surface area contributed by atoms with Crippen LogP contribution in [0.25, 0.3) is 0 Å². The van der Waals surface area contributed by atoms with Gasteiger partial charge in [-0.25, -0.2) is 0 Å². The Bertz CT molecular complexity index is 883. The van der Waals surface area contributed by atoms with Crippen LogP contribution in [-0.4, -0.2) is 80.6 Å². The maximum absolute atomic E-state index is 11.5. The quantitative estimate of drug-likeness (QED) is 0.0888. The van der Waals surface area contributed by atoms with Crippen molar-refractivity contribution in [2.75, 3.05) is 21.3 Å². The van der Waals surface area contributed by atoms with Crippen molar-refractivity contribution in [1.82, 2.24) is 0 Å². The van der Waals surface area contributed by atoms with Gasteiger partial charge in [-0.3, -0.25) is 14.4 Å². The molecule has 0 saturated carbocycles. The standard InChI is InChI=1S/C16H26O10.C9H14O4.3CH4.2Na.Zn/c1-5-9(25-3)12(16(23)24)8(14(19)20)6-10(26-4)11(15(21)22)7(2)13(17)18;1-4-6(12-3)7-5(2)8(10)13-9(7)11;;;;;;/h7-12H,5-6H2,1-4H3,(H,17,18)(H,19,20)(H,21,22)(H,23,24);5-7H,4H2,1-3H3;3*1H4;;;/q;;;;;2*+1;+2/p-3. The number of carboxylic acids is 4. The van der Waals surface area contributed by atoms with Crippen molar-refractivity contribution in [3.8, 4) is 0 Å². The molecule has 14 nitrogen and oxygen atoms in total. The normalized spacial score (nSPS) is 19.3.